The van der Waals surface area contributed by atoms with E-state index in [1.165, 1.54) is 23.1 Å². The van der Waals surface area contributed by atoms with Gasteiger partial charge in [-0.15, -0.1) is 0 Å². The van der Waals surface area contributed by atoms with Crippen LogP contribution in [0.3, 0.4) is 0 Å². The SMILES string of the molecule is COc1cc(CN(c2nc3ccccc3s2)C(C)C(C)(C)C)ccc1OCC1CC1. The quantitative estimate of drug-likeness (QED) is 0.411. The fraction of sp³-hybridized carbons (Fsp3) is 0.480. The molecule has 0 saturated heterocycles. The maximum absolute atomic E-state index is 5.99. The van der Waals surface area contributed by atoms with Crippen molar-refractivity contribution in [3.63, 3.8) is 0 Å². The Morgan fingerprint density at radius 2 is 1.90 bits per heavy atom. The van der Waals surface area contributed by atoms with E-state index in [0.717, 1.165) is 41.2 Å². The number of aromatic nitrogens is 1. The lowest BCUT2D eigenvalue weighted by atomic mass is 9.87. The summed E-state index contributed by atoms with van der Waals surface area (Å²) < 4.78 is 12.9. The van der Waals surface area contributed by atoms with Crippen molar-refractivity contribution in [2.45, 2.75) is 53.1 Å². The lowest BCUT2D eigenvalue weighted by Gasteiger charge is -2.38. The number of hydrogen-bond acceptors (Lipinski definition) is 5. The Hall–Kier alpha value is -2.27. The zero-order valence-electron chi connectivity index (χ0n) is 18.6. The molecule has 4 nitrogen and oxygen atoms in total. The summed E-state index contributed by atoms with van der Waals surface area (Å²) in [4.78, 5) is 7.37. The Morgan fingerprint density at radius 1 is 1.13 bits per heavy atom. The maximum Gasteiger partial charge on any atom is 0.187 e. The molecule has 0 bridgehead atoms. The number of hydrogen-bond donors (Lipinski definition) is 0. The molecule has 1 aliphatic carbocycles. The zero-order chi connectivity index (χ0) is 21.3. The van der Waals surface area contributed by atoms with Crippen molar-refractivity contribution in [2.24, 2.45) is 11.3 Å². The molecule has 0 spiro atoms. The van der Waals surface area contributed by atoms with Crippen molar-refractivity contribution in [1.29, 1.82) is 0 Å². The summed E-state index contributed by atoms with van der Waals surface area (Å²) in [5.74, 6) is 2.36. The normalized spacial score (nSPS) is 15.2. The van der Waals surface area contributed by atoms with E-state index in [0.29, 0.717) is 6.04 Å². The first-order valence-corrected chi connectivity index (χ1v) is 11.6. The minimum absolute atomic E-state index is 0.120. The van der Waals surface area contributed by atoms with E-state index >= 15 is 0 Å². The molecule has 2 aromatic carbocycles. The summed E-state index contributed by atoms with van der Waals surface area (Å²) in [6, 6.07) is 15.0. The number of benzene rings is 2. The van der Waals surface area contributed by atoms with Gasteiger partial charge in [0.15, 0.2) is 16.6 Å². The molecule has 1 saturated carbocycles. The van der Waals surface area contributed by atoms with Crippen molar-refractivity contribution < 1.29 is 9.47 Å². The van der Waals surface area contributed by atoms with Crippen LogP contribution < -0.4 is 14.4 Å². The van der Waals surface area contributed by atoms with Gasteiger partial charge in [-0.2, -0.15) is 0 Å². The molecule has 1 fully saturated rings. The monoisotopic (exact) mass is 424 g/mol. The number of nitrogens with zero attached hydrogens (tertiary/aromatic N) is 2. The minimum Gasteiger partial charge on any atom is -0.493 e. The summed E-state index contributed by atoms with van der Waals surface area (Å²) >= 11 is 1.76. The number of fused-ring (bicyclic) bond motifs is 1. The van der Waals surface area contributed by atoms with Gasteiger partial charge in [0.2, 0.25) is 0 Å². The predicted octanol–water partition coefficient (Wildman–Crippen LogP) is 6.53. The standard InChI is InChI=1S/C25H32N2O2S/c1-17(25(2,3)4)27(24-26-20-8-6-7-9-23(20)30-24)15-19-12-13-21(22(14-19)28-5)29-16-18-10-11-18/h6-9,12-14,17-18H,10-11,15-16H2,1-5H3. The molecule has 4 rings (SSSR count). The molecule has 5 heteroatoms. The average molecular weight is 425 g/mol. The van der Waals surface area contributed by atoms with Crippen LogP contribution in [0.5, 0.6) is 11.5 Å². The van der Waals surface area contributed by atoms with Crippen LogP contribution in [0.4, 0.5) is 5.13 Å². The summed E-state index contributed by atoms with van der Waals surface area (Å²) in [6.45, 7) is 10.7. The topological polar surface area (TPSA) is 34.6 Å². The molecule has 1 aliphatic rings. The average Bonchev–Trinajstić information content (AvgIpc) is 3.45. The van der Waals surface area contributed by atoms with Gasteiger partial charge in [-0.1, -0.05) is 50.3 Å². The first kappa shape index (κ1) is 21.0. The second-order valence-electron chi connectivity index (χ2n) is 9.37. The van der Waals surface area contributed by atoms with E-state index in [1.807, 2.05) is 0 Å². The molecule has 1 aromatic heterocycles. The Balaban J connectivity index is 1.62. The highest BCUT2D eigenvalue weighted by molar-refractivity contribution is 7.22. The van der Waals surface area contributed by atoms with Gasteiger partial charge in [-0.05, 0) is 60.9 Å². The van der Waals surface area contributed by atoms with Crippen LogP contribution in [0.1, 0.15) is 46.1 Å². The molecule has 0 aliphatic heterocycles. The van der Waals surface area contributed by atoms with E-state index in [-0.39, 0.29) is 5.41 Å². The van der Waals surface area contributed by atoms with Crippen LogP contribution in [0, 0.1) is 11.3 Å². The van der Waals surface area contributed by atoms with Gasteiger partial charge in [0.05, 0.1) is 23.9 Å². The minimum atomic E-state index is 0.120. The van der Waals surface area contributed by atoms with E-state index in [9.17, 15) is 0 Å². The molecule has 1 atom stereocenters. The van der Waals surface area contributed by atoms with Gasteiger partial charge in [0, 0.05) is 12.6 Å². The highest BCUT2D eigenvalue weighted by Gasteiger charge is 2.29. The summed E-state index contributed by atoms with van der Waals surface area (Å²) in [5.41, 5.74) is 2.38. The summed E-state index contributed by atoms with van der Waals surface area (Å²) in [7, 11) is 1.71. The van der Waals surface area contributed by atoms with Gasteiger partial charge >= 0.3 is 0 Å². The molecular weight excluding hydrogens is 392 g/mol. The molecule has 1 unspecified atom stereocenters. The highest BCUT2D eigenvalue weighted by Crippen LogP contribution is 2.37. The lowest BCUT2D eigenvalue weighted by molar-refractivity contribution is 0.280. The molecule has 0 amide bonds. The van der Waals surface area contributed by atoms with Gasteiger partial charge in [0.1, 0.15) is 0 Å². The molecule has 160 valence electrons. The van der Waals surface area contributed by atoms with E-state index in [4.69, 9.17) is 14.5 Å². The second-order valence-corrected chi connectivity index (χ2v) is 10.4. The van der Waals surface area contributed by atoms with E-state index < -0.39 is 0 Å². The first-order chi connectivity index (χ1) is 14.3. The third-order valence-electron chi connectivity index (χ3n) is 6.00. The number of ether oxygens (including phenoxy) is 2. The van der Waals surface area contributed by atoms with Crippen LogP contribution in [0.2, 0.25) is 0 Å². The maximum atomic E-state index is 5.99. The van der Waals surface area contributed by atoms with Crippen LogP contribution in [-0.4, -0.2) is 24.7 Å². The molecule has 1 heterocycles. The van der Waals surface area contributed by atoms with Crippen molar-refractivity contribution in [2.75, 3.05) is 18.6 Å². The summed E-state index contributed by atoms with van der Waals surface area (Å²) in [5, 5.41) is 1.06. The Morgan fingerprint density at radius 3 is 2.57 bits per heavy atom. The highest BCUT2D eigenvalue weighted by atomic mass is 32.1. The third-order valence-corrected chi connectivity index (χ3v) is 7.08. The first-order valence-electron chi connectivity index (χ1n) is 10.8. The van der Waals surface area contributed by atoms with E-state index in [1.54, 1.807) is 18.4 Å². The summed E-state index contributed by atoms with van der Waals surface area (Å²) in [6.07, 6.45) is 2.56. The van der Waals surface area contributed by atoms with Crippen LogP contribution >= 0.6 is 11.3 Å². The van der Waals surface area contributed by atoms with Crippen molar-refractivity contribution >= 4 is 26.7 Å². The fourth-order valence-electron chi connectivity index (χ4n) is 3.44. The largest absolute Gasteiger partial charge is 0.493 e. The third kappa shape index (κ3) is 4.72. The molecular formula is C25H32N2O2S. The molecule has 3 aromatic rings. The fourth-order valence-corrected chi connectivity index (χ4v) is 4.48. The molecule has 0 radical (unpaired) electrons. The molecule has 30 heavy (non-hydrogen) atoms. The van der Waals surface area contributed by atoms with Gasteiger partial charge in [-0.3, -0.25) is 0 Å². The van der Waals surface area contributed by atoms with Gasteiger partial charge in [-0.25, -0.2) is 4.98 Å². The molecule has 0 N–H and O–H groups in total. The smallest absolute Gasteiger partial charge is 0.187 e. The number of anilines is 1. The Bertz CT molecular complexity index is 971. The van der Waals surface area contributed by atoms with Crippen molar-refractivity contribution in [1.82, 2.24) is 4.98 Å². The van der Waals surface area contributed by atoms with Crippen LogP contribution in [-0.2, 0) is 6.54 Å². The van der Waals surface area contributed by atoms with Gasteiger partial charge < -0.3 is 14.4 Å². The number of thiazole rings is 1. The number of para-hydroxylation sites is 1. The zero-order valence-corrected chi connectivity index (χ0v) is 19.5. The van der Waals surface area contributed by atoms with Crippen molar-refractivity contribution in [3.05, 3.63) is 48.0 Å². The van der Waals surface area contributed by atoms with Crippen LogP contribution in [0.25, 0.3) is 10.2 Å². The van der Waals surface area contributed by atoms with Gasteiger partial charge in [0.25, 0.3) is 0 Å². The number of rotatable bonds is 8. The Kier molecular flexibility index (Phi) is 5.92. The van der Waals surface area contributed by atoms with E-state index in [2.05, 4.69) is 75.1 Å². The Labute approximate surface area is 183 Å². The number of methoxy groups -OCH3 is 1. The van der Waals surface area contributed by atoms with Crippen LogP contribution in [0.15, 0.2) is 42.5 Å². The second kappa shape index (κ2) is 8.46. The predicted molar refractivity (Wildman–Crippen MR) is 126 cm³/mol. The van der Waals surface area contributed by atoms with Crippen molar-refractivity contribution in [3.8, 4) is 11.5 Å². The lowest BCUT2D eigenvalue weighted by Crippen LogP contribution is -2.41.